The number of aromatic nitrogens is 8. The van der Waals surface area contributed by atoms with Crippen LogP contribution >= 0.6 is 0 Å². The lowest BCUT2D eigenvalue weighted by Crippen LogP contribution is -2.49. The normalized spacial score (nSPS) is 12.5. The van der Waals surface area contributed by atoms with Crippen molar-refractivity contribution in [2.24, 2.45) is 0 Å². The van der Waals surface area contributed by atoms with Gasteiger partial charge in [0.2, 0.25) is 0 Å². The summed E-state index contributed by atoms with van der Waals surface area (Å²) in [5.74, 6) is 4.14. The number of aryl methyl sites for hydroxylation is 4. The number of anilines is 1. The predicted octanol–water partition coefficient (Wildman–Crippen LogP) is 16.5. The van der Waals surface area contributed by atoms with E-state index in [0.717, 1.165) is 135 Å². The fourth-order valence-electron chi connectivity index (χ4n) is 11.1. The quantitative estimate of drug-likeness (QED) is 0.0272. The van der Waals surface area contributed by atoms with Gasteiger partial charge >= 0.3 is 10.2 Å². The maximum absolute atomic E-state index is 13.7. The largest absolute Gasteiger partial charge is 0.493 e. The van der Waals surface area contributed by atoms with Crippen LogP contribution in [0.5, 0.6) is 17.2 Å². The SMILES string of the molecule is CCCCCCCCCCCCC(Oc1ccc(NS(=O)(=O)N(C)C)cc1)C(=O)NC(C)(C)CCc1nnc2cc(C(C)(C)C)[nH]n12.CCCCOc1ccc(C)cc1Cc1ccc(OCCCC)c(Cc2ccc(CCCc3nnc4cc(C(C)(C)C)[nH]n34)cc2)c1. The lowest BCUT2D eigenvalue weighted by Gasteiger charge is -2.29. The number of ether oxygens (including phenoxy) is 3. The van der Waals surface area contributed by atoms with Gasteiger partial charge in [0.1, 0.15) is 17.2 Å². The Balaban J connectivity index is 0.000000263. The van der Waals surface area contributed by atoms with Crippen LogP contribution in [0.4, 0.5) is 5.69 Å². The van der Waals surface area contributed by atoms with Gasteiger partial charge in [-0.2, -0.15) is 12.7 Å². The number of unbranched alkanes of at least 4 members (excludes halogenated alkanes) is 11. The molecular weight excluding hydrogens is 1180 g/mol. The van der Waals surface area contributed by atoms with Crippen molar-refractivity contribution in [3.05, 3.63) is 153 Å². The third-order valence-corrected chi connectivity index (χ3v) is 18.5. The first-order valence-electron chi connectivity index (χ1n) is 34.6. The minimum Gasteiger partial charge on any atom is -0.493 e. The number of fused-ring (bicyclic) bond motifs is 2. The second-order valence-corrected chi connectivity index (χ2v) is 30.2. The Hall–Kier alpha value is -7.18. The zero-order valence-electron chi connectivity index (χ0n) is 58.8. The van der Waals surface area contributed by atoms with Crippen LogP contribution in [-0.2, 0) is 57.9 Å². The van der Waals surface area contributed by atoms with E-state index < -0.39 is 21.9 Å². The molecule has 0 bridgehead atoms. The Kier molecular flexibility index (Phi) is 27.4. The fourth-order valence-corrected chi connectivity index (χ4v) is 11.7. The average Bonchev–Trinajstić information content (AvgIpc) is 1.67. The van der Waals surface area contributed by atoms with E-state index in [9.17, 15) is 13.2 Å². The first-order chi connectivity index (χ1) is 44.3. The van der Waals surface area contributed by atoms with Crippen molar-refractivity contribution in [1.82, 2.24) is 49.2 Å². The molecule has 0 radical (unpaired) electrons. The van der Waals surface area contributed by atoms with Crippen molar-refractivity contribution in [2.45, 2.75) is 247 Å². The zero-order chi connectivity index (χ0) is 67.2. The highest BCUT2D eigenvalue weighted by atomic mass is 32.2. The first-order valence-corrected chi connectivity index (χ1v) is 36.0. The first kappa shape index (κ1) is 73.2. The highest BCUT2D eigenvalue weighted by Gasteiger charge is 2.29. The number of H-pyrrole nitrogens is 2. The number of carbonyl (C=O) groups is 1. The van der Waals surface area contributed by atoms with Crippen molar-refractivity contribution in [1.29, 1.82) is 0 Å². The minimum atomic E-state index is -3.62. The molecule has 1 unspecified atom stereocenters. The van der Waals surface area contributed by atoms with Crippen molar-refractivity contribution >= 4 is 33.1 Å². The van der Waals surface area contributed by atoms with Gasteiger partial charge in [0.25, 0.3) is 5.91 Å². The standard InChI is InChI=1S/C40H52N4O2.C35H59N7O4S/c1-7-9-22-45-35-20-14-29(3)24-33(35)26-32-19-21-36(46-23-10-8-2)34(27-32)25-31-17-15-30(16-18-31)12-11-13-38-41-42-39-28-37(40(4,5)6)43-44(38)39;1-9-10-11-12-13-14-15-16-17-18-19-29(46-28-22-20-27(21-23-28)40-47(44,45)41(7)8)33(43)36-35(5,6)25-24-31-37-38-32-26-30(34(2,3)4)39-42(31)32/h14-21,24,27-28,43H,7-13,22-23,25-26H2,1-6H3;20-23,26,29,39-40H,9-19,24-25H2,1-8H3,(H,36,43). The molecule has 18 heteroatoms. The van der Waals surface area contributed by atoms with E-state index in [1.165, 1.54) is 98.1 Å². The average molecular weight is 1290 g/mol. The Morgan fingerprint density at radius 1 is 0.559 bits per heavy atom. The molecule has 1 atom stereocenters. The summed E-state index contributed by atoms with van der Waals surface area (Å²) in [6.45, 7) is 27.4. The zero-order valence-corrected chi connectivity index (χ0v) is 59.6. The molecule has 17 nitrogen and oxygen atoms in total. The molecule has 0 saturated heterocycles. The van der Waals surface area contributed by atoms with Gasteiger partial charge in [0, 0.05) is 79.7 Å². The summed E-state index contributed by atoms with van der Waals surface area (Å²) in [5.41, 5.74) is 11.5. The summed E-state index contributed by atoms with van der Waals surface area (Å²) >= 11 is 0. The van der Waals surface area contributed by atoms with Gasteiger partial charge in [-0.1, -0.05) is 187 Å². The van der Waals surface area contributed by atoms with Crippen LogP contribution in [0, 0.1) is 6.92 Å². The lowest BCUT2D eigenvalue weighted by atomic mass is 9.93. The molecule has 8 aromatic rings. The van der Waals surface area contributed by atoms with Crippen LogP contribution in [0.1, 0.15) is 242 Å². The molecule has 4 N–H and O–H groups in total. The monoisotopic (exact) mass is 1290 g/mol. The Bertz CT molecular complexity index is 3660. The van der Waals surface area contributed by atoms with E-state index in [-0.39, 0.29) is 16.7 Å². The van der Waals surface area contributed by atoms with Crippen LogP contribution in [-0.4, -0.2) is 97.2 Å². The molecule has 0 aliphatic rings. The molecule has 0 aliphatic carbocycles. The minimum absolute atomic E-state index is 0.0325. The number of aromatic amines is 2. The summed E-state index contributed by atoms with van der Waals surface area (Å²) in [4.78, 5) is 13.7. The van der Waals surface area contributed by atoms with E-state index in [0.29, 0.717) is 30.7 Å². The topological polar surface area (TPSA) is 198 Å². The second kappa shape index (κ2) is 34.8. The molecule has 0 saturated carbocycles. The van der Waals surface area contributed by atoms with Gasteiger partial charge in [-0.05, 0) is 130 Å². The van der Waals surface area contributed by atoms with E-state index in [4.69, 9.17) is 14.2 Å². The maximum atomic E-state index is 13.7. The van der Waals surface area contributed by atoms with Gasteiger partial charge in [0.05, 0.1) is 18.9 Å². The number of hydrogen-bond acceptors (Lipinski definition) is 10. The van der Waals surface area contributed by atoms with Crippen LogP contribution < -0.4 is 24.2 Å². The molecule has 8 rings (SSSR count). The number of amides is 1. The third-order valence-electron chi connectivity index (χ3n) is 17.1. The fraction of sp³-hybridized carbons (Fsp3) is 0.560. The van der Waals surface area contributed by atoms with E-state index in [2.05, 4.69) is 177 Å². The summed E-state index contributed by atoms with van der Waals surface area (Å²) in [5, 5.41) is 27.7. The predicted molar refractivity (Wildman–Crippen MR) is 379 cm³/mol. The van der Waals surface area contributed by atoms with Crippen LogP contribution in [0.25, 0.3) is 11.3 Å². The molecule has 4 aromatic carbocycles. The summed E-state index contributed by atoms with van der Waals surface area (Å²) in [7, 11) is -0.690. The molecular formula is C75H111N11O6S. The van der Waals surface area contributed by atoms with Gasteiger partial charge in [-0.25, -0.2) is 9.03 Å². The molecule has 508 valence electrons. The van der Waals surface area contributed by atoms with Crippen molar-refractivity contribution in [3.63, 3.8) is 0 Å². The number of benzene rings is 4. The molecule has 93 heavy (non-hydrogen) atoms. The molecule has 1 amide bonds. The third kappa shape index (κ3) is 23.1. The summed E-state index contributed by atoms with van der Waals surface area (Å²) in [6.07, 6.45) is 22.3. The Labute approximate surface area is 556 Å². The Morgan fingerprint density at radius 2 is 1.05 bits per heavy atom. The van der Waals surface area contributed by atoms with E-state index >= 15 is 0 Å². The van der Waals surface area contributed by atoms with E-state index in [1.807, 2.05) is 28.9 Å². The number of nitrogens with one attached hydrogen (secondary N) is 4. The van der Waals surface area contributed by atoms with Gasteiger partial charge < -0.3 is 19.5 Å². The highest BCUT2D eigenvalue weighted by molar-refractivity contribution is 7.90. The summed E-state index contributed by atoms with van der Waals surface area (Å²) in [6, 6.07) is 33.1. The van der Waals surface area contributed by atoms with Gasteiger partial charge in [-0.15, -0.1) is 20.4 Å². The lowest BCUT2D eigenvalue weighted by molar-refractivity contribution is -0.130. The molecule has 0 aliphatic heterocycles. The van der Waals surface area contributed by atoms with Crippen molar-refractivity contribution in [3.8, 4) is 17.2 Å². The second-order valence-electron chi connectivity index (χ2n) is 28.3. The van der Waals surface area contributed by atoms with Crippen LogP contribution in [0.2, 0.25) is 0 Å². The van der Waals surface area contributed by atoms with Crippen molar-refractivity contribution < 1.29 is 27.4 Å². The highest BCUT2D eigenvalue weighted by Crippen LogP contribution is 2.31. The number of nitrogens with zero attached hydrogens (tertiary/aromatic N) is 7. The number of rotatable bonds is 37. The summed E-state index contributed by atoms with van der Waals surface area (Å²) < 4.78 is 50.7. The number of hydrogen-bond donors (Lipinski definition) is 4. The smallest absolute Gasteiger partial charge is 0.301 e. The molecule has 4 heterocycles. The molecule has 0 spiro atoms. The van der Waals surface area contributed by atoms with E-state index in [1.54, 1.807) is 24.3 Å². The van der Waals surface area contributed by atoms with Gasteiger partial charge in [-0.3, -0.25) is 19.7 Å². The maximum Gasteiger partial charge on any atom is 0.301 e. The van der Waals surface area contributed by atoms with Gasteiger partial charge in [0.15, 0.2) is 29.0 Å². The molecule has 4 aromatic heterocycles. The van der Waals surface area contributed by atoms with Crippen LogP contribution in [0.15, 0.2) is 97.1 Å². The number of carbonyl (C=O) groups excluding carboxylic acids is 1. The van der Waals surface area contributed by atoms with Crippen molar-refractivity contribution in [2.75, 3.05) is 32.0 Å². The Morgan fingerprint density at radius 3 is 1.60 bits per heavy atom. The molecule has 0 fully saturated rings. The van der Waals surface area contributed by atoms with Crippen LogP contribution in [0.3, 0.4) is 0 Å².